The largest absolute Gasteiger partial charge is 0.450 e. The van der Waals surface area contributed by atoms with E-state index in [0.29, 0.717) is 16.7 Å². The molecule has 0 atom stereocenters. The molecule has 0 N–H and O–H groups in total. The van der Waals surface area contributed by atoms with E-state index >= 15 is 0 Å². The molecule has 0 radical (unpaired) electrons. The summed E-state index contributed by atoms with van der Waals surface area (Å²) in [6.45, 7) is -0.0733. The van der Waals surface area contributed by atoms with Crippen LogP contribution in [-0.2, 0) is 0 Å². The highest BCUT2D eigenvalue weighted by Gasteiger charge is 2.31. The number of rotatable bonds is 2. The van der Waals surface area contributed by atoms with Crippen molar-refractivity contribution in [3.63, 3.8) is 0 Å². The van der Waals surface area contributed by atoms with E-state index in [9.17, 15) is 10.1 Å². The Hall–Kier alpha value is -3.09. The quantitative estimate of drug-likeness (QED) is 0.530. The van der Waals surface area contributed by atoms with Crippen molar-refractivity contribution in [2.24, 2.45) is 0 Å². The first-order valence-corrected chi connectivity index (χ1v) is 6.17. The van der Waals surface area contributed by atoms with Gasteiger partial charge in [0.1, 0.15) is 5.52 Å². The van der Waals surface area contributed by atoms with Crippen LogP contribution in [0.1, 0.15) is 0 Å². The van der Waals surface area contributed by atoms with Gasteiger partial charge in [0.15, 0.2) is 5.58 Å². The first-order valence-electron chi connectivity index (χ1n) is 6.17. The molecule has 0 fully saturated rings. The summed E-state index contributed by atoms with van der Waals surface area (Å²) >= 11 is 0. The first kappa shape index (κ1) is 11.7. The number of oxazole rings is 1. The molecule has 2 heterocycles. The number of ether oxygens (including phenoxy) is 2. The van der Waals surface area contributed by atoms with Crippen molar-refractivity contribution < 1.29 is 18.8 Å². The molecule has 7 nitrogen and oxygen atoms in total. The maximum atomic E-state index is 11.2. The molecule has 1 aromatic heterocycles. The van der Waals surface area contributed by atoms with E-state index in [1.165, 1.54) is 6.07 Å². The van der Waals surface area contributed by atoms with Crippen molar-refractivity contribution in [1.82, 2.24) is 4.98 Å². The smallest absolute Gasteiger partial charge is 0.353 e. The van der Waals surface area contributed by atoms with Crippen molar-refractivity contribution in [3.8, 4) is 23.0 Å². The molecule has 0 saturated heterocycles. The molecule has 4 rings (SSSR count). The molecule has 1 aliphatic rings. The van der Waals surface area contributed by atoms with Crippen molar-refractivity contribution in [2.75, 3.05) is 6.79 Å². The second-order valence-electron chi connectivity index (χ2n) is 4.44. The number of nitro benzene ring substituents is 1. The second kappa shape index (κ2) is 4.20. The molecule has 1 aliphatic heterocycles. The lowest BCUT2D eigenvalue weighted by Gasteiger charge is -2.17. The van der Waals surface area contributed by atoms with Crippen LogP contribution in [0.2, 0.25) is 0 Å². The standard InChI is InChI=1S/C14H8N2O5/c17-16(18)12-11-6-5-8(13(12)20-7-19-11)14-15-9-3-1-2-4-10(9)21-14/h1-6H,7H2. The van der Waals surface area contributed by atoms with Gasteiger partial charge in [-0.3, -0.25) is 10.1 Å². The van der Waals surface area contributed by atoms with Crippen LogP contribution in [0.3, 0.4) is 0 Å². The molecule has 0 unspecified atom stereocenters. The lowest BCUT2D eigenvalue weighted by molar-refractivity contribution is -0.388. The van der Waals surface area contributed by atoms with Gasteiger partial charge in [0.2, 0.25) is 24.2 Å². The zero-order valence-electron chi connectivity index (χ0n) is 10.6. The number of hydrogen-bond acceptors (Lipinski definition) is 6. The first-order chi connectivity index (χ1) is 10.2. The fourth-order valence-corrected chi connectivity index (χ4v) is 2.30. The van der Waals surface area contributed by atoms with Crippen LogP contribution in [0.15, 0.2) is 40.8 Å². The molecule has 0 spiro atoms. The van der Waals surface area contributed by atoms with Gasteiger partial charge in [-0.2, -0.15) is 0 Å². The summed E-state index contributed by atoms with van der Waals surface area (Å²) in [5.41, 5.74) is 1.52. The van der Waals surface area contributed by atoms with E-state index < -0.39 is 4.92 Å². The summed E-state index contributed by atoms with van der Waals surface area (Å²) in [4.78, 5) is 15.0. The highest BCUT2D eigenvalue weighted by Crippen LogP contribution is 2.46. The summed E-state index contributed by atoms with van der Waals surface area (Å²) in [5.74, 6) is 0.583. The molecule has 0 amide bonds. The van der Waals surface area contributed by atoms with Crippen molar-refractivity contribution in [3.05, 3.63) is 46.5 Å². The molecular formula is C14H8N2O5. The fourth-order valence-electron chi connectivity index (χ4n) is 2.30. The van der Waals surface area contributed by atoms with E-state index in [0.717, 1.165) is 0 Å². The number of hydrogen-bond donors (Lipinski definition) is 0. The SMILES string of the molecule is O=[N+]([O-])c1c2ccc(-c3nc4ccccc4o3)c1OCO2. The maximum absolute atomic E-state index is 11.2. The van der Waals surface area contributed by atoms with Crippen LogP contribution in [0, 0.1) is 10.1 Å². The van der Waals surface area contributed by atoms with Crippen LogP contribution >= 0.6 is 0 Å². The Balaban J connectivity index is 1.96. The van der Waals surface area contributed by atoms with Gasteiger partial charge in [-0.1, -0.05) is 12.1 Å². The molecule has 0 saturated carbocycles. The lowest BCUT2D eigenvalue weighted by Crippen LogP contribution is -2.14. The predicted octanol–water partition coefficient (Wildman–Crippen LogP) is 3.13. The van der Waals surface area contributed by atoms with Gasteiger partial charge in [-0.15, -0.1) is 0 Å². The van der Waals surface area contributed by atoms with E-state index in [4.69, 9.17) is 13.9 Å². The highest BCUT2D eigenvalue weighted by molar-refractivity contribution is 5.80. The number of para-hydroxylation sites is 2. The van der Waals surface area contributed by atoms with Gasteiger partial charge in [0.25, 0.3) is 0 Å². The van der Waals surface area contributed by atoms with Crippen molar-refractivity contribution in [1.29, 1.82) is 0 Å². The number of nitrogens with zero attached hydrogens (tertiary/aromatic N) is 2. The Morgan fingerprint density at radius 2 is 2.00 bits per heavy atom. The highest BCUT2D eigenvalue weighted by atomic mass is 16.7. The molecule has 0 aliphatic carbocycles. The fraction of sp³-hybridized carbons (Fsp3) is 0.0714. The number of aromatic nitrogens is 1. The van der Waals surface area contributed by atoms with E-state index in [2.05, 4.69) is 4.98 Å². The van der Waals surface area contributed by atoms with Crippen LogP contribution < -0.4 is 9.47 Å². The second-order valence-corrected chi connectivity index (χ2v) is 4.44. The molecule has 21 heavy (non-hydrogen) atoms. The summed E-state index contributed by atoms with van der Waals surface area (Å²) < 4.78 is 16.0. The Kier molecular flexibility index (Phi) is 2.34. The van der Waals surface area contributed by atoms with Crippen LogP contribution in [-0.4, -0.2) is 16.7 Å². The van der Waals surface area contributed by atoms with E-state index in [1.807, 2.05) is 12.1 Å². The third kappa shape index (κ3) is 1.71. The molecule has 3 aromatic rings. The molecule has 7 heteroatoms. The van der Waals surface area contributed by atoms with Gasteiger partial charge in [-0.25, -0.2) is 4.98 Å². The van der Waals surface area contributed by atoms with Gasteiger partial charge in [0, 0.05) is 0 Å². The molecular weight excluding hydrogens is 276 g/mol. The molecule has 2 aromatic carbocycles. The van der Waals surface area contributed by atoms with Gasteiger partial charge in [0.05, 0.1) is 10.5 Å². The van der Waals surface area contributed by atoms with Crippen LogP contribution in [0.4, 0.5) is 5.69 Å². The van der Waals surface area contributed by atoms with Crippen LogP contribution in [0.25, 0.3) is 22.6 Å². The third-order valence-electron chi connectivity index (χ3n) is 3.22. The zero-order chi connectivity index (χ0) is 14.4. The number of benzene rings is 2. The average Bonchev–Trinajstić information content (AvgIpc) is 2.90. The Bertz CT molecular complexity index is 838. The number of nitro groups is 1. The summed E-state index contributed by atoms with van der Waals surface area (Å²) in [6, 6.07) is 10.4. The number of fused-ring (bicyclic) bond motifs is 3. The molecule has 104 valence electrons. The van der Waals surface area contributed by atoms with E-state index in [1.54, 1.807) is 18.2 Å². The summed E-state index contributed by atoms with van der Waals surface area (Å²) in [7, 11) is 0. The van der Waals surface area contributed by atoms with Crippen LogP contribution in [0.5, 0.6) is 11.5 Å². The van der Waals surface area contributed by atoms with Crippen molar-refractivity contribution >= 4 is 16.8 Å². The third-order valence-corrected chi connectivity index (χ3v) is 3.22. The maximum Gasteiger partial charge on any atom is 0.353 e. The van der Waals surface area contributed by atoms with Crippen molar-refractivity contribution in [2.45, 2.75) is 0 Å². The lowest BCUT2D eigenvalue weighted by atomic mass is 10.1. The monoisotopic (exact) mass is 284 g/mol. The normalized spacial score (nSPS) is 12.8. The average molecular weight is 284 g/mol. The minimum atomic E-state index is -0.532. The molecule has 2 bridgehead atoms. The minimum absolute atomic E-state index is 0.0733. The predicted molar refractivity (Wildman–Crippen MR) is 72.2 cm³/mol. The Morgan fingerprint density at radius 1 is 1.14 bits per heavy atom. The van der Waals surface area contributed by atoms with Gasteiger partial charge < -0.3 is 13.9 Å². The van der Waals surface area contributed by atoms with Gasteiger partial charge >= 0.3 is 5.69 Å². The summed E-state index contributed by atoms with van der Waals surface area (Å²) in [5, 5.41) is 11.2. The van der Waals surface area contributed by atoms with E-state index in [-0.39, 0.29) is 29.9 Å². The summed E-state index contributed by atoms with van der Waals surface area (Å²) in [6.07, 6.45) is 0. The Morgan fingerprint density at radius 3 is 2.81 bits per heavy atom. The van der Waals surface area contributed by atoms with Gasteiger partial charge in [-0.05, 0) is 24.3 Å². The topological polar surface area (TPSA) is 87.6 Å². The zero-order valence-corrected chi connectivity index (χ0v) is 10.6. The Labute approximate surface area is 117 Å². The minimum Gasteiger partial charge on any atom is -0.450 e.